The molecule has 2 amide bonds. The number of ether oxygens (including phenoxy) is 2. The molecule has 1 fully saturated rings. The molecule has 0 saturated carbocycles. The van der Waals surface area contributed by atoms with Gasteiger partial charge in [0.15, 0.2) is 0 Å². The minimum absolute atomic E-state index is 0.0384. The van der Waals surface area contributed by atoms with E-state index in [1.54, 1.807) is 37.3 Å². The van der Waals surface area contributed by atoms with Gasteiger partial charge in [0.2, 0.25) is 5.91 Å². The van der Waals surface area contributed by atoms with Gasteiger partial charge in [-0.3, -0.25) is 9.59 Å². The Labute approximate surface area is 171 Å². The molecule has 0 radical (unpaired) electrons. The molecule has 0 aliphatic carbocycles. The minimum atomic E-state index is -0.475. The third-order valence-electron chi connectivity index (χ3n) is 5.60. The second-order valence-corrected chi connectivity index (χ2v) is 7.62. The van der Waals surface area contributed by atoms with Crippen LogP contribution in [0.15, 0.2) is 48.5 Å². The molecule has 0 atom stereocenters. The van der Waals surface area contributed by atoms with Crippen molar-refractivity contribution in [1.29, 1.82) is 0 Å². The molecule has 0 bridgehead atoms. The minimum Gasteiger partial charge on any atom is -0.497 e. The number of methoxy groups -OCH3 is 2. The number of piperidine rings is 1. The molecular formula is C23H28N2O4. The predicted octanol–water partition coefficient (Wildman–Crippen LogP) is 3.26. The van der Waals surface area contributed by atoms with Crippen molar-refractivity contribution in [1.82, 2.24) is 10.2 Å². The Kier molecular flexibility index (Phi) is 6.42. The van der Waals surface area contributed by atoms with Gasteiger partial charge in [-0.2, -0.15) is 0 Å². The number of nitrogens with one attached hydrogen (secondary N) is 1. The highest BCUT2D eigenvalue weighted by Gasteiger charge is 2.38. The first-order valence-electron chi connectivity index (χ1n) is 9.80. The molecule has 154 valence electrons. The van der Waals surface area contributed by atoms with Crippen LogP contribution in [0.1, 0.15) is 35.7 Å². The van der Waals surface area contributed by atoms with Crippen LogP contribution in [0.5, 0.6) is 11.5 Å². The van der Waals surface area contributed by atoms with Crippen molar-refractivity contribution in [3.8, 4) is 11.5 Å². The first-order chi connectivity index (χ1) is 13.9. The topological polar surface area (TPSA) is 67.9 Å². The second kappa shape index (κ2) is 8.99. The van der Waals surface area contributed by atoms with Crippen molar-refractivity contribution < 1.29 is 19.1 Å². The van der Waals surface area contributed by atoms with Crippen LogP contribution in [-0.4, -0.2) is 44.0 Å². The lowest BCUT2D eigenvalue weighted by molar-refractivity contribution is -0.132. The molecule has 1 N–H and O–H groups in total. The summed E-state index contributed by atoms with van der Waals surface area (Å²) in [4.78, 5) is 27.5. The van der Waals surface area contributed by atoms with Crippen molar-refractivity contribution in [2.45, 2.75) is 26.3 Å². The predicted molar refractivity (Wildman–Crippen MR) is 111 cm³/mol. The van der Waals surface area contributed by atoms with Crippen LogP contribution < -0.4 is 14.8 Å². The van der Waals surface area contributed by atoms with Crippen LogP contribution in [0.3, 0.4) is 0 Å². The Balaban J connectivity index is 1.60. The Morgan fingerprint density at radius 3 is 2.14 bits per heavy atom. The fraction of sp³-hybridized carbons (Fsp3) is 0.391. The first-order valence-corrected chi connectivity index (χ1v) is 9.80. The van der Waals surface area contributed by atoms with Crippen molar-refractivity contribution in [3.05, 3.63) is 59.7 Å². The van der Waals surface area contributed by atoms with E-state index in [0.29, 0.717) is 49.5 Å². The van der Waals surface area contributed by atoms with Gasteiger partial charge in [0, 0.05) is 36.7 Å². The average Bonchev–Trinajstić information content (AvgIpc) is 2.77. The van der Waals surface area contributed by atoms with Crippen molar-refractivity contribution >= 4 is 11.8 Å². The molecule has 6 nitrogen and oxygen atoms in total. The van der Waals surface area contributed by atoms with Gasteiger partial charge in [0.05, 0.1) is 14.2 Å². The van der Waals surface area contributed by atoms with E-state index in [0.717, 1.165) is 5.56 Å². The lowest BCUT2D eigenvalue weighted by atomic mass is 9.79. The van der Waals surface area contributed by atoms with E-state index in [1.165, 1.54) is 0 Å². The summed E-state index contributed by atoms with van der Waals surface area (Å²) in [6.07, 6.45) is 1.25. The summed E-state index contributed by atoms with van der Waals surface area (Å²) in [5.41, 5.74) is 1.12. The summed E-state index contributed by atoms with van der Waals surface area (Å²) < 4.78 is 10.5. The van der Waals surface area contributed by atoms with Gasteiger partial charge in [-0.25, -0.2) is 0 Å². The summed E-state index contributed by atoms with van der Waals surface area (Å²) in [5.74, 6) is 1.12. The number of hydrogen-bond acceptors (Lipinski definition) is 4. The van der Waals surface area contributed by atoms with Gasteiger partial charge in [0.1, 0.15) is 11.5 Å². The molecule has 0 spiro atoms. The summed E-state index contributed by atoms with van der Waals surface area (Å²) in [6.45, 7) is 3.56. The fourth-order valence-electron chi connectivity index (χ4n) is 3.54. The molecule has 2 aromatic rings. The van der Waals surface area contributed by atoms with Gasteiger partial charge < -0.3 is 19.7 Å². The molecule has 3 rings (SSSR count). The van der Waals surface area contributed by atoms with Gasteiger partial charge in [0.25, 0.3) is 5.91 Å². The molecule has 1 saturated heterocycles. The van der Waals surface area contributed by atoms with Crippen LogP contribution in [0.25, 0.3) is 0 Å². The summed E-state index contributed by atoms with van der Waals surface area (Å²) in [5, 5.41) is 3.04. The highest BCUT2D eigenvalue weighted by molar-refractivity contribution is 5.95. The normalized spacial score (nSPS) is 15.5. The maximum Gasteiger partial charge on any atom is 0.254 e. The van der Waals surface area contributed by atoms with E-state index in [1.807, 2.05) is 37.3 Å². The van der Waals surface area contributed by atoms with Crippen molar-refractivity contribution in [3.63, 3.8) is 0 Å². The van der Waals surface area contributed by atoms with E-state index in [2.05, 4.69) is 5.32 Å². The fourth-order valence-corrected chi connectivity index (χ4v) is 3.54. The van der Waals surface area contributed by atoms with E-state index < -0.39 is 5.41 Å². The molecule has 2 aromatic carbocycles. The highest BCUT2D eigenvalue weighted by Crippen LogP contribution is 2.32. The number of carbonyl (C=O) groups excluding carboxylic acids is 2. The van der Waals surface area contributed by atoms with Crippen molar-refractivity contribution in [2.75, 3.05) is 27.3 Å². The smallest absolute Gasteiger partial charge is 0.254 e. The Hall–Kier alpha value is -3.02. The third kappa shape index (κ3) is 4.88. The summed E-state index contributed by atoms with van der Waals surface area (Å²) in [7, 11) is 3.12. The monoisotopic (exact) mass is 396 g/mol. The number of benzene rings is 2. The van der Waals surface area contributed by atoms with Gasteiger partial charge in [-0.05, 0) is 30.5 Å². The van der Waals surface area contributed by atoms with Crippen LogP contribution in [0, 0.1) is 5.41 Å². The molecule has 1 aliphatic rings. The van der Waals surface area contributed by atoms with Crippen LogP contribution in [0.4, 0.5) is 0 Å². The number of carbonyl (C=O) groups is 2. The molecule has 6 heteroatoms. The number of amides is 2. The van der Waals surface area contributed by atoms with Crippen molar-refractivity contribution in [2.24, 2.45) is 5.41 Å². The number of nitrogens with zero attached hydrogens (tertiary/aromatic N) is 1. The van der Waals surface area contributed by atoms with E-state index in [4.69, 9.17) is 9.47 Å². The standard InChI is InChI=1S/C23H28N2O4/c1-23(22(27)24-16-17-7-5-4-6-8-17)9-11-25(12-10-23)21(26)18-13-19(28-2)15-20(14-18)29-3/h4-8,13-15H,9-12,16H2,1-3H3,(H,24,27). The molecular weight excluding hydrogens is 368 g/mol. The zero-order valence-corrected chi connectivity index (χ0v) is 17.2. The summed E-state index contributed by atoms with van der Waals surface area (Å²) >= 11 is 0. The maximum atomic E-state index is 12.9. The second-order valence-electron chi connectivity index (χ2n) is 7.62. The molecule has 1 aliphatic heterocycles. The highest BCUT2D eigenvalue weighted by atomic mass is 16.5. The molecule has 0 unspecified atom stereocenters. The third-order valence-corrected chi connectivity index (χ3v) is 5.60. The SMILES string of the molecule is COc1cc(OC)cc(C(=O)N2CCC(C)(C(=O)NCc3ccccc3)CC2)c1. The van der Waals surface area contributed by atoms with E-state index >= 15 is 0 Å². The quantitative estimate of drug-likeness (QED) is 0.814. The van der Waals surface area contributed by atoms with Crippen LogP contribution >= 0.6 is 0 Å². The van der Waals surface area contributed by atoms with Gasteiger partial charge in [-0.15, -0.1) is 0 Å². The Morgan fingerprint density at radius 2 is 1.59 bits per heavy atom. The Bertz CT molecular complexity index is 836. The Morgan fingerprint density at radius 1 is 1.00 bits per heavy atom. The zero-order valence-electron chi connectivity index (χ0n) is 17.2. The molecule has 0 aromatic heterocycles. The number of rotatable bonds is 6. The maximum absolute atomic E-state index is 12.9. The van der Waals surface area contributed by atoms with E-state index in [-0.39, 0.29) is 11.8 Å². The average molecular weight is 396 g/mol. The molecule has 1 heterocycles. The summed E-state index contributed by atoms with van der Waals surface area (Å²) in [6, 6.07) is 15.0. The van der Waals surface area contributed by atoms with Gasteiger partial charge in [-0.1, -0.05) is 37.3 Å². The van der Waals surface area contributed by atoms with E-state index in [9.17, 15) is 9.59 Å². The van der Waals surface area contributed by atoms with Crippen LogP contribution in [-0.2, 0) is 11.3 Å². The van der Waals surface area contributed by atoms with Crippen LogP contribution in [0.2, 0.25) is 0 Å². The largest absolute Gasteiger partial charge is 0.497 e. The molecule has 29 heavy (non-hydrogen) atoms. The lowest BCUT2D eigenvalue weighted by Crippen LogP contribution is -2.48. The van der Waals surface area contributed by atoms with Gasteiger partial charge >= 0.3 is 0 Å². The first kappa shape index (κ1) is 20.7. The zero-order chi connectivity index (χ0) is 20.9. The lowest BCUT2D eigenvalue weighted by Gasteiger charge is -2.38. The number of likely N-dealkylation sites (tertiary alicyclic amines) is 1. The number of hydrogen-bond donors (Lipinski definition) is 1.